The predicted octanol–water partition coefficient (Wildman–Crippen LogP) is 4.35. The molecule has 0 unspecified atom stereocenters. The third-order valence-electron chi connectivity index (χ3n) is 2.63. The average molecular weight is 328 g/mol. The van der Waals surface area contributed by atoms with Crippen molar-refractivity contribution < 1.29 is 13.5 Å². The largest absolute Gasteiger partial charge is 0.496 e. The first-order chi connectivity index (χ1) is 9.10. The van der Waals surface area contributed by atoms with Crippen LogP contribution in [0.25, 0.3) is 0 Å². The standard InChI is InChI=1S/C14H12BrF2NO/c1-19-14-5-2-9(6-11(14)15)8-18-13-7-10(16)3-4-12(13)17/h2-7,18H,8H2,1H3. The highest BCUT2D eigenvalue weighted by molar-refractivity contribution is 9.10. The van der Waals surface area contributed by atoms with E-state index >= 15 is 0 Å². The summed E-state index contributed by atoms with van der Waals surface area (Å²) in [6.45, 7) is 0.392. The van der Waals surface area contributed by atoms with E-state index in [1.54, 1.807) is 7.11 Å². The van der Waals surface area contributed by atoms with Gasteiger partial charge in [-0.3, -0.25) is 0 Å². The lowest BCUT2D eigenvalue weighted by molar-refractivity contribution is 0.412. The number of rotatable bonds is 4. The Bertz CT molecular complexity index is 590. The third kappa shape index (κ3) is 3.44. The average Bonchev–Trinajstić information content (AvgIpc) is 2.40. The van der Waals surface area contributed by atoms with Crippen LogP contribution in [0, 0.1) is 11.6 Å². The summed E-state index contributed by atoms with van der Waals surface area (Å²) >= 11 is 3.37. The van der Waals surface area contributed by atoms with Crippen molar-refractivity contribution >= 4 is 21.6 Å². The van der Waals surface area contributed by atoms with Gasteiger partial charge in [0.2, 0.25) is 0 Å². The van der Waals surface area contributed by atoms with E-state index < -0.39 is 11.6 Å². The summed E-state index contributed by atoms with van der Waals surface area (Å²) in [7, 11) is 1.58. The van der Waals surface area contributed by atoms with Crippen LogP contribution >= 0.6 is 15.9 Å². The van der Waals surface area contributed by atoms with Gasteiger partial charge >= 0.3 is 0 Å². The summed E-state index contributed by atoms with van der Waals surface area (Å²) in [6.07, 6.45) is 0. The Morgan fingerprint density at radius 3 is 2.63 bits per heavy atom. The van der Waals surface area contributed by atoms with Crippen LogP contribution in [0.5, 0.6) is 5.75 Å². The van der Waals surface area contributed by atoms with Gasteiger partial charge in [0.15, 0.2) is 0 Å². The number of halogens is 3. The van der Waals surface area contributed by atoms with Gasteiger partial charge in [0.1, 0.15) is 17.4 Å². The van der Waals surface area contributed by atoms with Crippen molar-refractivity contribution in [3.63, 3.8) is 0 Å². The van der Waals surface area contributed by atoms with Gasteiger partial charge in [-0.1, -0.05) is 6.07 Å². The number of benzene rings is 2. The molecule has 0 spiro atoms. The Morgan fingerprint density at radius 1 is 1.16 bits per heavy atom. The van der Waals surface area contributed by atoms with Crippen LogP contribution < -0.4 is 10.1 Å². The van der Waals surface area contributed by atoms with Crippen LogP contribution in [-0.2, 0) is 6.54 Å². The van der Waals surface area contributed by atoms with E-state index in [0.29, 0.717) is 6.54 Å². The van der Waals surface area contributed by atoms with Crippen molar-refractivity contribution in [3.05, 3.63) is 58.1 Å². The molecule has 0 saturated carbocycles. The molecular formula is C14H12BrF2NO. The molecule has 19 heavy (non-hydrogen) atoms. The number of nitrogens with one attached hydrogen (secondary N) is 1. The number of hydrogen-bond donors (Lipinski definition) is 1. The second-order valence-electron chi connectivity index (χ2n) is 3.95. The summed E-state index contributed by atoms with van der Waals surface area (Å²) in [5, 5.41) is 2.86. The molecule has 0 bridgehead atoms. The predicted molar refractivity (Wildman–Crippen MR) is 74.4 cm³/mol. The van der Waals surface area contributed by atoms with Crippen LogP contribution in [0.1, 0.15) is 5.56 Å². The molecular weight excluding hydrogens is 316 g/mol. The second-order valence-corrected chi connectivity index (χ2v) is 4.80. The molecule has 100 valence electrons. The lowest BCUT2D eigenvalue weighted by Crippen LogP contribution is -2.02. The maximum atomic E-state index is 13.4. The number of hydrogen-bond acceptors (Lipinski definition) is 2. The van der Waals surface area contributed by atoms with Crippen molar-refractivity contribution in [2.45, 2.75) is 6.54 Å². The smallest absolute Gasteiger partial charge is 0.146 e. The Labute approximate surface area is 118 Å². The minimum absolute atomic E-state index is 0.145. The van der Waals surface area contributed by atoms with Crippen LogP contribution in [0.2, 0.25) is 0 Å². The Balaban J connectivity index is 2.10. The van der Waals surface area contributed by atoms with Crippen LogP contribution in [0.3, 0.4) is 0 Å². The first-order valence-corrected chi connectivity index (χ1v) is 6.41. The molecule has 2 nitrogen and oxygen atoms in total. The van der Waals surface area contributed by atoms with Crippen LogP contribution in [0.15, 0.2) is 40.9 Å². The molecule has 0 radical (unpaired) electrons. The molecule has 0 aromatic heterocycles. The SMILES string of the molecule is COc1ccc(CNc2cc(F)ccc2F)cc1Br. The molecule has 0 heterocycles. The zero-order valence-corrected chi connectivity index (χ0v) is 11.8. The maximum absolute atomic E-state index is 13.4. The third-order valence-corrected chi connectivity index (χ3v) is 3.25. The highest BCUT2D eigenvalue weighted by atomic mass is 79.9. The molecule has 5 heteroatoms. The summed E-state index contributed by atoms with van der Waals surface area (Å²) < 4.78 is 32.4. The van der Waals surface area contributed by atoms with Crippen molar-refractivity contribution in [2.75, 3.05) is 12.4 Å². The van der Waals surface area contributed by atoms with Gasteiger partial charge in [-0.25, -0.2) is 8.78 Å². The maximum Gasteiger partial charge on any atom is 0.146 e. The van der Waals surface area contributed by atoms with E-state index in [2.05, 4.69) is 21.2 Å². The molecule has 0 aliphatic rings. The van der Waals surface area contributed by atoms with E-state index in [1.807, 2.05) is 18.2 Å². The van der Waals surface area contributed by atoms with E-state index in [9.17, 15) is 8.78 Å². The van der Waals surface area contributed by atoms with Gasteiger partial charge in [-0.2, -0.15) is 0 Å². The Hall–Kier alpha value is -1.62. The van der Waals surface area contributed by atoms with E-state index in [0.717, 1.165) is 34.0 Å². The van der Waals surface area contributed by atoms with E-state index in [-0.39, 0.29) is 5.69 Å². The summed E-state index contributed by atoms with van der Waals surface area (Å²) in [4.78, 5) is 0. The van der Waals surface area contributed by atoms with Crippen molar-refractivity contribution in [1.82, 2.24) is 0 Å². The topological polar surface area (TPSA) is 21.3 Å². The lowest BCUT2D eigenvalue weighted by atomic mass is 10.2. The first kappa shape index (κ1) is 13.8. The number of methoxy groups -OCH3 is 1. The fourth-order valence-electron chi connectivity index (χ4n) is 1.65. The first-order valence-electron chi connectivity index (χ1n) is 5.61. The molecule has 2 rings (SSSR count). The zero-order chi connectivity index (χ0) is 13.8. The Morgan fingerprint density at radius 2 is 1.95 bits per heavy atom. The molecule has 0 fully saturated rings. The lowest BCUT2D eigenvalue weighted by Gasteiger charge is -2.09. The highest BCUT2D eigenvalue weighted by Gasteiger charge is 2.05. The van der Waals surface area contributed by atoms with Crippen molar-refractivity contribution in [3.8, 4) is 5.75 Å². The van der Waals surface area contributed by atoms with E-state index in [1.165, 1.54) is 0 Å². The normalized spacial score (nSPS) is 10.3. The zero-order valence-electron chi connectivity index (χ0n) is 10.2. The minimum atomic E-state index is -0.478. The molecule has 0 amide bonds. The van der Waals surface area contributed by atoms with Crippen LogP contribution in [0.4, 0.5) is 14.5 Å². The molecule has 0 atom stereocenters. The quantitative estimate of drug-likeness (QED) is 0.901. The van der Waals surface area contributed by atoms with Crippen molar-refractivity contribution in [1.29, 1.82) is 0 Å². The summed E-state index contributed by atoms with van der Waals surface area (Å²) in [5.74, 6) is -0.227. The van der Waals surface area contributed by atoms with Gasteiger partial charge in [-0.15, -0.1) is 0 Å². The molecule has 0 saturated heterocycles. The van der Waals surface area contributed by atoms with Crippen molar-refractivity contribution in [2.24, 2.45) is 0 Å². The Kier molecular flexibility index (Phi) is 4.37. The van der Waals surface area contributed by atoms with Crippen LogP contribution in [-0.4, -0.2) is 7.11 Å². The fraction of sp³-hybridized carbons (Fsp3) is 0.143. The molecule has 1 N–H and O–H groups in total. The molecule has 2 aromatic carbocycles. The molecule has 0 aliphatic carbocycles. The number of anilines is 1. The monoisotopic (exact) mass is 327 g/mol. The fourth-order valence-corrected chi connectivity index (χ4v) is 2.24. The van der Waals surface area contributed by atoms with E-state index in [4.69, 9.17) is 4.74 Å². The summed E-state index contributed by atoms with van der Waals surface area (Å²) in [5.41, 5.74) is 1.07. The highest BCUT2D eigenvalue weighted by Crippen LogP contribution is 2.26. The van der Waals surface area contributed by atoms with Gasteiger partial charge in [0.05, 0.1) is 17.3 Å². The molecule has 2 aromatic rings. The van der Waals surface area contributed by atoms with Gasteiger partial charge in [0, 0.05) is 6.54 Å². The molecule has 0 aliphatic heterocycles. The minimum Gasteiger partial charge on any atom is -0.496 e. The van der Waals surface area contributed by atoms with Gasteiger partial charge < -0.3 is 10.1 Å². The second kappa shape index (κ2) is 6.02. The number of ether oxygens (including phenoxy) is 1. The summed E-state index contributed by atoms with van der Waals surface area (Å²) in [6, 6.07) is 8.85. The van der Waals surface area contributed by atoms with Gasteiger partial charge in [0.25, 0.3) is 0 Å². The van der Waals surface area contributed by atoms with Gasteiger partial charge in [-0.05, 0) is 51.8 Å².